The average molecular weight is 490 g/mol. The number of thioether (sulfide) groups is 1. The smallest absolute Gasteiger partial charge is 0.266 e. The molecule has 1 heterocycles. The fourth-order valence-electron chi connectivity index (χ4n) is 3.56. The Balaban J connectivity index is 1.76. The van der Waals surface area contributed by atoms with Crippen LogP contribution in [0.3, 0.4) is 0 Å². The van der Waals surface area contributed by atoms with Gasteiger partial charge in [-0.2, -0.15) is 0 Å². The fraction of sp³-hybridized carbons (Fsp3) is 0.222. The van der Waals surface area contributed by atoms with Crippen LogP contribution in [0.15, 0.2) is 76.7 Å². The van der Waals surface area contributed by atoms with Crippen LogP contribution in [0.1, 0.15) is 21.5 Å². The van der Waals surface area contributed by atoms with Crippen LogP contribution in [0.5, 0.6) is 5.75 Å². The summed E-state index contributed by atoms with van der Waals surface area (Å²) in [5.41, 5.74) is 3.73. The molecule has 1 aromatic heterocycles. The quantitative estimate of drug-likeness (QED) is 0.214. The van der Waals surface area contributed by atoms with Crippen molar-refractivity contribution >= 4 is 28.6 Å². The van der Waals surface area contributed by atoms with Crippen molar-refractivity contribution in [3.8, 4) is 11.4 Å². The van der Waals surface area contributed by atoms with Gasteiger partial charge in [-0.3, -0.25) is 14.2 Å². The lowest BCUT2D eigenvalue weighted by Gasteiger charge is -2.14. The molecule has 0 aliphatic carbocycles. The Hall–Kier alpha value is -3.62. The molecule has 180 valence electrons. The van der Waals surface area contributed by atoms with Gasteiger partial charge in [-0.25, -0.2) is 4.98 Å². The summed E-state index contributed by atoms with van der Waals surface area (Å²) < 4.78 is 11.9. The molecular weight excluding hydrogens is 462 g/mol. The number of methoxy groups -OCH3 is 2. The molecule has 7 nitrogen and oxygen atoms in total. The second-order valence-corrected chi connectivity index (χ2v) is 8.93. The van der Waals surface area contributed by atoms with Gasteiger partial charge in [-0.1, -0.05) is 41.6 Å². The van der Waals surface area contributed by atoms with E-state index in [2.05, 4.69) is 29.6 Å². The minimum absolute atomic E-state index is 0.196. The van der Waals surface area contributed by atoms with Gasteiger partial charge in [0.15, 0.2) is 5.16 Å². The van der Waals surface area contributed by atoms with Crippen molar-refractivity contribution in [1.82, 2.24) is 14.9 Å². The van der Waals surface area contributed by atoms with E-state index in [-0.39, 0.29) is 11.5 Å². The number of hydrogen-bond acceptors (Lipinski definition) is 6. The van der Waals surface area contributed by atoms with Crippen LogP contribution in [-0.2, 0) is 10.5 Å². The first-order valence-electron chi connectivity index (χ1n) is 11.2. The third-order valence-corrected chi connectivity index (χ3v) is 6.52. The summed E-state index contributed by atoms with van der Waals surface area (Å²) in [6.07, 6.45) is 0. The fourth-order valence-corrected chi connectivity index (χ4v) is 4.53. The SMILES string of the molecule is COCCNC(=O)c1ccc2c(=O)n(-c3ccc(OC)cc3)c(SCc3ccc(C)cc3)nc2c1. The number of hydrogen-bond donors (Lipinski definition) is 1. The normalized spacial score (nSPS) is 10.9. The highest BCUT2D eigenvalue weighted by Gasteiger charge is 2.16. The van der Waals surface area contributed by atoms with Crippen LogP contribution in [0.4, 0.5) is 0 Å². The monoisotopic (exact) mass is 489 g/mol. The topological polar surface area (TPSA) is 82.5 Å². The summed E-state index contributed by atoms with van der Waals surface area (Å²) in [5.74, 6) is 1.11. The van der Waals surface area contributed by atoms with Crippen molar-refractivity contribution in [1.29, 1.82) is 0 Å². The van der Waals surface area contributed by atoms with Crippen LogP contribution in [0.25, 0.3) is 16.6 Å². The molecule has 4 aromatic rings. The molecule has 0 aliphatic rings. The highest BCUT2D eigenvalue weighted by molar-refractivity contribution is 7.98. The van der Waals surface area contributed by atoms with Gasteiger partial charge in [0, 0.05) is 25.0 Å². The maximum atomic E-state index is 13.6. The van der Waals surface area contributed by atoms with E-state index in [4.69, 9.17) is 14.5 Å². The Labute approximate surface area is 208 Å². The van der Waals surface area contributed by atoms with Crippen LogP contribution in [0, 0.1) is 6.92 Å². The second-order valence-electron chi connectivity index (χ2n) is 7.99. The molecular formula is C27H27N3O4S. The lowest BCUT2D eigenvalue weighted by Crippen LogP contribution is -2.27. The lowest BCUT2D eigenvalue weighted by atomic mass is 10.1. The van der Waals surface area contributed by atoms with E-state index in [1.165, 1.54) is 17.3 Å². The van der Waals surface area contributed by atoms with Gasteiger partial charge >= 0.3 is 0 Å². The van der Waals surface area contributed by atoms with Gasteiger partial charge in [-0.15, -0.1) is 0 Å². The van der Waals surface area contributed by atoms with Crippen molar-refractivity contribution in [2.75, 3.05) is 27.4 Å². The molecule has 0 unspecified atom stereocenters. The minimum Gasteiger partial charge on any atom is -0.497 e. The summed E-state index contributed by atoms with van der Waals surface area (Å²) in [4.78, 5) is 31.0. The molecule has 8 heteroatoms. The number of carbonyl (C=O) groups excluding carboxylic acids is 1. The van der Waals surface area contributed by atoms with Crippen LogP contribution in [-0.4, -0.2) is 42.8 Å². The Kier molecular flexibility index (Phi) is 7.84. The Bertz CT molecular complexity index is 1380. The van der Waals surface area contributed by atoms with Gasteiger partial charge in [-0.05, 0) is 55.0 Å². The Morgan fingerprint density at radius 2 is 1.77 bits per heavy atom. The molecule has 1 amide bonds. The van der Waals surface area contributed by atoms with E-state index in [1.54, 1.807) is 37.0 Å². The maximum absolute atomic E-state index is 13.6. The molecule has 1 N–H and O–H groups in total. The number of carbonyl (C=O) groups is 1. The molecule has 0 aliphatic heterocycles. The number of benzene rings is 3. The van der Waals surface area contributed by atoms with Crippen LogP contribution >= 0.6 is 11.8 Å². The van der Waals surface area contributed by atoms with Crippen molar-refractivity contribution < 1.29 is 14.3 Å². The van der Waals surface area contributed by atoms with Crippen molar-refractivity contribution in [3.05, 3.63) is 93.8 Å². The molecule has 0 bridgehead atoms. The number of amides is 1. The molecule has 0 saturated heterocycles. The molecule has 3 aromatic carbocycles. The van der Waals surface area contributed by atoms with E-state index in [1.807, 2.05) is 31.2 Å². The number of aromatic nitrogens is 2. The van der Waals surface area contributed by atoms with Crippen molar-refractivity contribution in [2.24, 2.45) is 0 Å². The summed E-state index contributed by atoms with van der Waals surface area (Å²) >= 11 is 1.47. The average Bonchev–Trinajstić information content (AvgIpc) is 2.88. The van der Waals surface area contributed by atoms with Gasteiger partial charge in [0.25, 0.3) is 11.5 Å². The Morgan fingerprint density at radius 3 is 2.46 bits per heavy atom. The van der Waals surface area contributed by atoms with E-state index in [0.717, 1.165) is 5.56 Å². The van der Waals surface area contributed by atoms with Gasteiger partial charge in [0.05, 0.1) is 30.3 Å². The molecule has 0 atom stereocenters. The molecule has 0 fully saturated rings. The lowest BCUT2D eigenvalue weighted by molar-refractivity contribution is 0.0937. The van der Waals surface area contributed by atoms with E-state index >= 15 is 0 Å². The zero-order chi connectivity index (χ0) is 24.8. The van der Waals surface area contributed by atoms with Gasteiger partial charge in [0.2, 0.25) is 0 Å². The van der Waals surface area contributed by atoms with Gasteiger partial charge in [0.1, 0.15) is 5.75 Å². The summed E-state index contributed by atoms with van der Waals surface area (Å²) in [7, 11) is 3.18. The number of ether oxygens (including phenoxy) is 2. The largest absolute Gasteiger partial charge is 0.497 e. The van der Waals surface area contributed by atoms with Crippen LogP contribution in [0.2, 0.25) is 0 Å². The summed E-state index contributed by atoms with van der Waals surface area (Å²) in [5, 5.41) is 3.79. The van der Waals surface area contributed by atoms with E-state index in [0.29, 0.717) is 52.0 Å². The third kappa shape index (κ3) is 5.72. The second kappa shape index (κ2) is 11.2. The van der Waals surface area contributed by atoms with Crippen LogP contribution < -0.4 is 15.6 Å². The Morgan fingerprint density at radius 1 is 1.03 bits per heavy atom. The molecule has 35 heavy (non-hydrogen) atoms. The predicted molar refractivity (Wildman–Crippen MR) is 139 cm³/mol. The van der Waals surface area contributed by atoms with Crippen molar-refractivity contribution in [2.45, 2.75) is 17.8 Å². The molecule has 4 rings (SSSR count). The minimum atomic E-state index is -0.237. The maximum Gasteiger partial charge on any atom is 0.266 e. The first-order valence-corrected chi connectivity index (χ1v) is 12.2. The summed E-state index contributed by atoms with van der Waals surface area (Å²) in [6.45, 7) is 2.87. The van der Waals surface area contributed by atoms with E-state index in [9.17, 15) is 9.59 Å². The predicted octanol–water partition coefficient (Wildman–Crippen LogP) is 4.37. The standard InChI is InChI=1S/C27H27N3O4S/c1-18-4-6-19(7-5-18)17-35-27-29-24-16-20(25(31)28-14-15-33-2)8-13-23(24)26(32)30(27)21-9-11-22(34-3)12-10-21/h4-13,16H,14-15,17H2,1-3H3,(H,28,31). The first-order chi connectivity index (χ1) is 17.0. The number of aryl methyl sites for hydroxylation is 1. The summed E-state index contributed by atoms with van der Waals surface area (Å²) in [6, 6.07) is 20.5. The highest BCUT2D eigenvalue weighted by atomic mass is 32.2. The zero-order valence-corrected chi connectivity index (χ0v) is 20.7. The molecule has 0 saturated carbocycles. The molecule has 0 spiro atoms. The zero-order valence-electron chi connectivity index (χ0n) is 19.9. The van der Waals surface area contributed by atoms with Gasteiger partial charge < -0.3 is 14.8 Å². The van der Waals surface area contributed by atoms with E-state index < -0.39 is 0 Å². The van der Waals surface area contributed by atoms with Crippen molar-refractivity contribution in [3.63, 3.8) is 0 Å². The number of fused-ring (bicyclic) bond motifs is 1. The number of nitrogens with zero attached hydrogens (tertiary/aromatic N) is 2. The third-order valence-electron chi connectivity index (χ3n) is 5.51. The number of rotatable bonds is 9. The first kappa shape index (κ1) is 24.5. The highest BCUT2D eigenvalue weighted by Crippen LogP contribution is 2.26. The number of nitrogens with one attached hydrogen (secondary N) is 1. The molecule has 0 radical (unpaired) electrons.